The lowest BCUT2D eigenvalue weighted by atomic mass is 10.2. The number of fused-ring (bicyclic) bond motifs is 1. The number of nitrogens with one attached hydrogen (secondary N) is 1. The van der Waals surface area contributed by atoms with E-state index in [0.29, 0.717) is 6.04 Å². The molecular formula is C12H16N4OS. The molecule has 1 aliphatic rings. The van der Waals surface area contributed by atoms with E-state index in [1.165, 1.54) is 24.2 Å². The number of aromatic nitrogens is 3. The van der Waals surface area contributed by atoms with Crippen molar-refractivity contribution >= 4 is 22.2 Å². The Kier molecular flexibility index (Phi) is 2.81. The third-order valence-electron chi connectivity index (χ3n) is 3.55. The van der Waals surface area contributed by atoms with Gasteiger partial charge in [-0.15, -0.1) is 10.2 Å². The maximum absolute atomic E-state index is 12.2. The van der Waals surface area contributed by atoms with Gasteiger partial charge in [0.2, 0.25) is 4.96 Å². The number of hydrogen-bond donors (Lipinski definition) is 1. The molecule has 3 rings (SSSR count). The molecule has 5 nitrogen and oxygen atoms in total. The van der Waals surface area contributed by atoms with Gasteiger partial charge in [0.25, 0.3) is 5.91 Å². The van der Waals surface area contributed by atoms with E-state index in [0.717, 1.165) is 34.2 Å². The lowest BCUT2D eigenvalue weighted by Gasteiger charge is -2.10. The summed E-state index contributed by atoms with van der Waals surface area (Å²) in [5, 5.41) is 11.2. The van der Waals surface area contributed by atoms with Crippen LogP contribution in [0.25, 0.3) is 4.96 Å². The molecule has 0 spiro atoms. The molecule has 0 bridgehead atoms. The second-order valence-corrected chi connectivity index (χ2v) is 5.81. The van der Waals surface area contributed by atoms with E-state index in [1.54, 1.807) is 0 Å². The number of nitrogens with zero attached hydrogens (tertiary/aromatic N) is 3. The predicted octanol–water partition coefficient (Wildman–Crippen LogP) is 2.08. The van der Waals surface area contributed by atoms with Crippen molar-refractivity contribution in [1.82, 2.24) is 19.9 Å². The third-order valence-corrected chi connectivity index (χ3v) is 4.68. The number of aryl methyl sites for hydroxylation is 2. The SMILES string of the molecule is Cc1nnc2sc(C(=O)NC3CCCC3)c(C)n12. The molecule has 2 heterocycles. The summed E-state index contributed by atoms with van der Waals surface area (Å²) in [6.45, 7) is 3.85. The maximum Gasteiger partial charge on any atom is 0.263 e. The summed E-state index contributed by atoms with van der Waals surface area (Å²) in [6, 6.07) is 0.352. The molecule has 1 fully saturated rings. The summed E-state index contributed by atoms with van der Waals surface area (Å²) in [4.78, 5) is 13.8. The van der Waals surface area contributed by atoms with Crippen LogP contribution in [0.1, 0.15) is 46.9 Å². The van der Waals surface area contributed by atoms with E-state index in [-0.39, 0.29) is 5.91 Å². The van der Waals surface area contributed by atoms with Crippen molar-refractivity contribution in [3.8, 4) is 0 Å². The molecule has 0 aromatic carbocycles. The predicted molar refractivity (Wildman–Crippen MR) is 70.1 cm³/mol. The van der Waals surface area contributed by atoms with Crippen LogP contribution in [0.5, 0.6) is 0 Å². The summed E-state index contributed by atoms with van der Waals surface area (Å²) in [5.41, 5.74) is 0.938. The van der Waals surface area contributed by atoms with Crippen LogP contribution >= 0.6 is 11.3 Å². The number of carbonyl (C=O) groups excluding carboxylic acids is 1. The van der Waals surface area contributed by atoms with Crippen molar-refractivity contribution in [3.05, 3.63) is 16.4 Å². The molecule has 0 atom stereocenters. The molecule has 0 radical (unpaired) electrons. The Morgan fingerprint density at radius 1 is 1.33 bits per heavy atom. The number of carbonyl (C=O) groups is 1. The van der Waals surface area contributed by atoms with Crippen LogP contribution in [-0.4, -0.2) is 26.5 Å². The molecule has 2 aromatic heterocycles. The highest BCUT2D eigenvalue weighted by Gasteiger charge is 2.22. The van der Waals surface area contributed by atoms with Crippen LogP contribution < -0.4 is 5.32 Å². The van der Waals surface area contributed by atoms with E-state index < -0.39 is 0 Å². The van der Waals surface area contributed by atoms with Crippen molar-refractivity contribution in [2.45, 2.75) is 45.6 Å². The quantitative estimate of drug-likeness (QED) is 0.903. The molecule has 0 aliphatic heterocycles. The van der Waals surface area contributed by atoms with Crippen molar-refractivity contribution < 1.29 is 4.79 Å². The van der Waals surface area contributed by atoms with Crippen LogP contribution in [0.2, 0.25) is 0 Å². The Bertz CT molecular complexity index is 595. The number of hydrogen-bond acceptors (Lipinski definition) is 4. The van der Waals surface area contributed by atoms with E-state index in [4.69, 9.17) is 0 Å². The maximum atomic E-state index is 12.2. The fourth-order valence-electron chi connectivity index (χ4n) is 2.59. The zero-order valence-corrected chi connectivity index (χ0v) is 11.4. The molecule has 1 saturated carbocycles. The fourth-order valence-corrected chi connectivity index (χ4v) is 3.61. The molecule has 1 aliphatic carbocycles. The Balaban J connectivity index is 1.88. The minimum Gasteiger partial charge on any atom is -0.349 e. The van der Waals surface area contributed by atoms with Gasteiger partial charge in [0.15, 0.2) is 0 Å². The van der Waals surface area contributed by atoms with Crippen LogP contribution in [0, 0.1) is 13.8 Å². The van der Waals surface area contributed by atoms with Gasteiger partial charge in [-0.1, -0.05) is 24.2 Å². The Morgan fingerprint density at radius 2 is 2.06 bits per heavy atom. The minimum absolute atomic E-state index is 0.0364. The van der Waals surface area contributed by atoms with Crippen LogP contribution in [-0.2, 0) is 0 Å². The molecule has 0 unspecified atom stereocenters. The van der Waals surface area contributed by atoms with Gasteiger partial charge in [0, 0.05) is 11.7 Å². The number of rotatable bonds is 2. The van der Waals surface area contributed by atoms with E-state index in [1.807, 2.05) is 18.2 Å². The van der Waals surface area contributed by atoms with E-state index >= 15 is 0 Å². The molecule has 18 heavy (non-hydrogen) atoms. The molecular weight excluding hydrogens is 248 g/mol. The third kappa shape index (κ3) is 1.80. The summed E-state index contributed by atoms with van der Waals surface area (Å²) in [6.07, 6.45) is 4.66. The first-order valence-corrected chi connectivity index (χ1v) is 7.10. The molecule has 2 aromatic rings. The molecule has 1 N–H and O–H groups in total. The molecule has 96 valence electrons. The van der Waals surface area contributed by atoms with Gasteiger partial charge in [-0.3, -0.25) is 9.20 Å². The smallest absolute Gasteiger partial charge is 0.263 e. The Labute approximate surface area is 109 Å². The summed E-state index contributed by atoms with van der Waals surface area (Å²) in [5.74, 6) is 0.868. The lowest BCUT2D eigenvalue weighted by molar-refractivity contribution is 0.0941. The number of amides is 1. The molecule has 6 heteroatoms. The van der Waals surface area contributed by atoms with Crippen molar-refractivity contribution in [1.29, 1.82) is 0 Å². The van der Waals surface area contributed by atoms with Crippen molar-refractivity contribution in [3.63, 3.8) is 0 Å². The summed E-state index contributed by atoms with van der Waals surface area (Å²) < 4.78 is 1.94. The first-order valence-electron chi connectivity index (χ1n) is 6.29. The largest absolute Gasteiger partial charge is 0.349 e. The Morgan fingerprint density at radius 3 is 2.72 bits per heavy atom. The van der Waals surface area contributed by atoms with Crippen LogP contribution in [0.15, 0.2) is 0 Å². The average molecular weight is 264 g/mol. The highest BCUT2D eigenvalue weighted by molar-refractivity contribution is 7.19. The van der Waals surface area contributed by atoms with Crippen molar-refractivity contribution in [2.24, 2.45) is 0 Å². The lowest BCUT2D eigenvalue weighted by Crippen LogP contribution is -2.32. The first kappa shape index (κ1) is 11.6. The Hall–Kier alpha value is -1.43. The van der Waals surface area contributed by atoms with Gasteiger partial charge < -0.3 is 5.32 Å². The summed E-state index contributed by atoms with van der Waals surface area (Å²) in [7, 11) is 0. The average Bonchev–Trinajstić information content (AvgIpc) is 3.00. The van der Waals surface area contributed by atoms with Gasteiger partial charge in [0.1, 0.15) is 10.7 Å². The monoisotopic (exact) mass is 264 g/mol. The highest BCUT2D eigenvalue weighted by atomic mass is 32.1. The second kappa shape index (κ2) is 4.35. The fraction of sp³-hybridized carbons (Fsp3) is 0.583. The molecule has 1 amide bonds. The second-order valence-electron chi connectivity index (χ2n) is 4.84. The van der Waals surface area contributed by atoms with Crippen LogP contribution in [0.3, 0.4) is 0 Å². The highest BCUT2D eigenvalue weighted by Crippen LogP contribution is 2.24. The minimum atomic E-state index is 0.0364. The van der Waals surface area contributed by atoms with Gasteiger partial charge >= 0.3 is 0 Å². The van der Waals surface area contributed by atoms with Gasteiger partial charge in [0.05, 0.1) is 0 Å². The summed E-state index contributed by atoms with van der Waals surface area (Å²) >= 11 is 1.41. The first-order chi connectivity index (χ1) is 8.66. The van der Waals surface area contributed by atoms with Gasteiger partial charge in [-0.05, 0) is 26.7 Å². The van der Waals surface area contributed by atoms with Gasteiger partial charge in [-0.2, -0.15) is 0 Å². The van der Waals surface area contributed by atoms with E-state index in [2.05, 4.69) is 15.5 Å². The van der Waals surface area contributed by atoms with Crippen LogP contribution in [0.4, 0.5) is 0 Å². The standard InChI is InChI=1S/C12H16N4OS/c1-7-10(11(17)13-9-5-3-4-6-9)18-12-15-14-8(2)16(7)12/h9H,3-6H2,1-2H3,(H,13,17). The molecule has 0 saturated heterocycles. The zero-order valence-electron chi connectivity index (χ0n) is 10.6. The topological polar surface area (TPSA) is 59.3 Å². The number of thiazole rings is 1. The van der Waals surface area contributed by atoms with Crippen molar-refractivity contribution in [2.75, 3.05) is 0 Å². The zero-order chi connectivity index (χ0) is 12.7. The normalized spacial score (nSPS) is 16.6. The van der Waals surface area contributed by atoms with E-state index in [9.17, 15) is 4.79 Å². The van der Waals surface area contributed by atoms with Gasteiger partial charge in [-0.25, -0.2) is 0 Å².